The number of piperidine rings is 1. The molecule has 2 N–H and O–H groups in total. The van der Waals surface area contributed by atoms with Crippen molar-refractivity contribution in [2.24, 2.45) is 4.99 Å². The molecule has 158 valence electrons. The molecular weight excluding hydrogens is 376 g/mol. The van der Waals surface area contributed by atoms with Gasteiger partial charge in [-0.3, -0.25) is 4.99 Å². The summed E-state index contributed by atoms with van der Waals surface area (Å²) in [6, 6.07) is 6.29. The second-order valence-electron chi connectivity index (χ2n) is 6.75. The van der Waals surface area contributed by atoms with Crippen LogP contribution in [-0.4, -0.2) is 74.7 Å². The zero-order valence-electron chi connectivity index (χ0n) is 17.3. The smallest absolute Gasteiger partial charge is 0.215 e. The molecule has 1 fully saturated rings. The summed E-state index contributed by atoms with van der Waals surface area (Å²) in [5, 5.41) is 6.68. The van der Waals surface area contributed by atoms with Crippen LogP contribution in [0.3, 0.4) is 0 Å². The van der Waals surface area contributed by atoms with Crippen LogP contribution in [-0.2, 0) is 10.0 Å². The Morgan fingerprint density at radius 2 is 1.96 bits per heavy atom. The van der Waals surface area contributed by atoms with Crippen LogP contribution in [0.25, 0.3) is 0 Å². The summed E-state index contributed by atoms with van der Waals surface area (Å²) in [5.74, 6) is 1.74. The lowest BCUT2D eigenvalue weighted by molar-refractivity contribution is 0.445. The Balaban J connectivity index is 1.86. The first-order valence-electron chi connectivity index (χ1n) is 10.2. The molecule has 1 aromatic heterocycles. The molecule has 1 aliphatic heterocycles. The fourth-order valence-electron chi connectivity index (χ4n) is 3.33. The Bertz CT molecular complexity index is 698. The van der Waals surface area contributed by atoms with E-state index in [0.717, 1.165) is 38.3 Å². The van der Waals surface area contributed by atoms with Crippen LogP contribution >= 0.6 is 0 Å². The summed E-state index contributed by atoms with van der Waals surface area (Å²) in [6.45, 7) is 9.57. The number of nitrogens with zero attached hydrogens (tertiary/aromatic N) is 4. The Morgan fingerprint density at radius 3 is 2.54 bits per heavy atom. The van der Waals surface area contributed by atoms with Gasteiger partial charge < -0.3 is 15.5 Å². The molecule has 0 saturated carbocycles. The van der Waals surface area contributed by atoms with Gasteiger partial charge in [0.05, 0.1) is 12.3 Å². The third kappa shape index (κ3) is 6.63. The molecule has 0 radical (unpaired) electrons. The molecule has 0 atom stereocenters. The van der Waals surface area contributed by atoms with Gasteiger partial charge in [0, 0.05) is 45.0 Å². The SMILES string of the molecule is CCNC(=NCCS(=O)(=O)N(CC)CC)NC1CCN(c2ccccn2)CC1. The lowest BCUT2D eigenvalue weighted by Gasteiger charge is -2.33. The Morgan fingerprint density at radius 1 is 1.25 bits per heavy atom. The predicted octanol–water partition coefficient (Wildman–Crippen LogP) is 1.28. The van der Waals surface area contributed by atoms with Gasteiger partial charge in [-0.25, -0.2) is 17.7 Å². The van der Waals surface area contributed by atoms with Crippen LogP contribution in [0.15, 0.2) is 29.4 Å². The van der Waals surface area contributed by atoms with Gasteiger partial charge in [-0.1, -0.05) is 19.9 Å². The van der Waals surface area contributed by atoms with E-state index in [4.69, 9.17) is 0 Å². The van der Waals surface area contributed by atoms with E-state index < -0.39 is 10.0 Å². The number of guanidine groups is 1. The van der Waals surface area contributed by atoms with Gasteiger partial charge in [0.1, 0.15) is 5.82 Å². The van der Waals surface area contributed by atoms with Crippen molar-refractivity contribution in [3.05, 3.63) is 24.4 Å². The summed E-state index contributed by atoms with van der Waals surface area (Å²) in [6.07, 6.45) is 3.79. The third-order valence-electron chi connectivity index (χ3n) is 4.87. The predicted molar refractivity (Wildman–Crippen MR) is 115 cm³/mol. The number of hydrogen-bond acceptors (Lipinski definition) is 5. The zero-order valence-corrected chi connectivity index (χ0v) is 18.1. The van der Waals surface area contributed by atoms with Gasteiger partial charge in [-0.2, -0.15) is 0 Å². The lowest BCUT2D eigenvalue weighted by Crippen LogP contribution is -2.49. The molecule has 28 heavy (non-hydrogen) atoms. The highest BCUT2D eigenvalue weighted by atomic mass is 32.2. The normalized spacial score (nSPS) is 16.4. The number of aromatic nitrogens is 1. The minimum absolute atomic E-state index is 0.0311. The molecule has 0 amide bonds. The average molecular weight is 411 g/mol. The topological polar surface area (TPSA) is 89.9 Å². The van der Waals surface area contributed by atoms with Crippen LogP contribution in [0.1, 0.15) is 33.6 Å². The molecule has 2 heterocycles. The first-order chi connectivity index (χ1) is 13.5. The van der Waals surface area contributed by atoms with Crippen molar-refractivity contribution in [3.63, 3.8) is 0 Å². The maximum Gasteiger partial charge on any atom is 0.215 e. The van der Waals surface area contributed by atoms with E-state index in [1.165, 1.54) is 4.31 Å². The molecule has 1 saturated heterocycles. The van der Waals surface area contributed by atoms with Gasteiger partial charge in [0.2, 0.25) is 10.0 Å². The summed E-state index contributed by atoms with van der Waals surface area (Å²) in [7, 11) is -3.25. The second kappa shape index (κ2) is 11.2. The van der Waals surface area contributed by atoms with E-state index in [1.807, 2.05) is 45.2 Å². The molecule has 2 rings (SSSR count). The number of rotatable bonds is 9. The number of sulfonamides is 1. The van der Waals surface area contributed by atoms with Crippen molar-refractivity contribution in [1.29, 1.82) is 0 Å². The van der Waals surface area contributed by atoms with Crippen molar-refractivity contribution < 1.29 is 8.42 Å². The summed E-state index contributed by atoms with van der Waals surface area (Å²) in [4.78, 5) is 11.2. The van der Waals surface area contributed by atoms with E-state index in [-0.39, 0.29) is 12.3 Å². The number of pyridine rings is 1. The van der Waals surface area contributed by atoms with Crippen molar-refractivity contribution in [1.82, 2.24) is 19.9 Å². The fraction of sp³-hybridized carbons (Fsp3) is 0.684. The monoisotopic (exact) mass is 410 g/mol. The first kappa shape index (κ1) is 22.4. The fourth-order valence-corrected chi connectivity index (χ4v) is 4.69. The van der Waals surface area contributed by atoms with Crippen LogP contribution in [0.5, 0.6) is 0 Å². The van der Waals surface area contributed by atoms with Crippen molar-refractivity contribution in [2.75, 3.05) is 49.9 Å². The van der Waals surface area contributed by atoms with E-state index in [9.17, 15) is 8.42 Å². The van der Waals surface area contributed by atoms with Gasteiger partial charge in [0.15, 0.2) is 5.96 Å². The maximum atomic E-state index is 12.3. The van der Waals surface area contributed by atoms with Crippen LogP contribution < -0.4 is 15.5 Å². The number of nitrogens with one attached hydrogen (secondary N) is 2. The van der Waals surface area contributed by atoms with Gasteiger partial charge in [-0.05, 0) is 31.9 Å². The van der Waals surface area contributed by atoms with Gasteiger partial charge in [0.25, 0.3) is 0 Å². The third-order valence-corrected chi connectivity index (χ3v) is 6.87. The van der Waals surface area contributed by atoms with Crippen LogP contribution in [0.2, 0.25) is 0 Å². The first-order valence-corrected chi connectivity index (χ1v) is 11.8. The highest BCUT2D eigenvalue weighted by Crippen LogP contribution is 2.17. The molecule has 0 bridgehead atoms. The highest BCUT2D eigenvalue weighted by molar-refractivity contribution is 7.89. The molecule has 0 aliphatic carbocycles. The molecule has 1 aliphatic rings. The molecule has 0 spiro atoms. The number of anilines is 1. The van der Waals surface area contributed by atoms with E-state index >= 15 is 0 Å². The summed E-state index contributed by atoms with van der Waals surface area (Å²) in [5.41, 5.74) is 0. The number of aliphatic imine (C=N–C) groups is 1. The van der Waals surface area contributed by atoms with Crippen LogP contribution in [0.4, 0.5) is 5.82 Å². The summed E-state index contributed by atoms with van der Waals surface area (Å²) < 4.78 is 26.1. The van der Waals surface area contributed by atoms with Gasteiger partial charge in [-0.15, -0.1) is 0 Å². The maximum absolute atomic E-state index is 12.3. The molecule has 9 heteroatoms. The summed E-state index contributed by atoms with van der Waals surface area (Å²) >= 11 is 0. The van der Waals surface area contributed by atoms with Crippen molar-refractivity contribution >= 4 is 21.8 Å². The Hall–Kier alpha value is -1.87. The minimum Gasteiger partial charge on any atom is -0.357 e. The highest BCUT2D eigenvalue weighted by Gasteiger charge is 2.21. The van der Waals surface area contributed by atoms with E-state index in [2.05, 4.69) is 25.5 Å². The molecular formula is C19H34N6O2S. The Labute approximate surface area is 169 Å². The largest absolute Gasteiger partial charge is 0.357 e. The van der Waals surface area contributed by atoms with Crippen molar-refractivity contribution in [2.45, 2.75) is 39.7 Å². The Kier molecular flexibility index (Phi) is 8.98. The molecule has 0 unspecified atom stereocenters. The van der Waals surface area contributed by atoms with Crippen molar-refractivity contribution in [3.8, 4) is 0 Å². The molecule has 0 aromatic carbocycles. The standard InChI is InChI=1S/C19H34N6O2S/c1-4-20-19(22-13-16-28(26,27)25(5-2)6-3)23-17-10-14-24(15-11-17)18-9-7-8-12-21-18/h7-9,12,17H,4-6,10-11,13-16H2,1-3H3,(H2,20,22,23). The average Bonchev–Trinajstić information content (AvgIpc) is 2.70. The van der Waals surface area contributed by atoms with Gasteiger partial charge >= 0.3 is 0 Å². The quantitative estimate of drug-likeness (QED) is 0.471. The van der Waals surface area contributed by atoms with E-state index in [0.29, 0.717) is 25.1 Å². The zero-order chi connectivity index (χ0) is 20.4. The van der Waals surface area contributed by atoms with E-state index in [1.54, 1.807) is 0 Å². The van der Waals surface area contributed by atoms with Crippen LogP contribution in [0, 0.1) is 0 Å². The lowest BCUT2D eigenvalue weighted by atomic mass is 10.1. The minimum atomic E-state index is -3.25. The second-order valence-corrected chi connectivity index (χ2v) is 8.84. The number of hydrogen-bond donors (Lipinski definition) is 2. The molecule has 1 aromatic rings. The molecule has 8 nitrogen and oxygen atoms in total.